The number of nitrogen functional groups attached to an aromatic ring is 1. The van der Waals surface area contributed by atoms with Crippen LogP contribution in [-0.2, 0) is 28.8 Å². The summed E-state index contributed by atoms with van der Waals surface area (Å²) in [6.45, 7) is 0. The van der Waals surface area contributed by atoms with E-state index in [1.54, 1.807) is 6.08 Å². The Morgan fingerprint density at radius 3 is 2.79 bits per heavy atom. The number of carboxylic acid groups (broad SMARTS) is 1. The molecule has 0 spiro atoms. The van der Waals surface area contributed by atoms with E-state index in [1.807, 2.05) is 0 Å². The molecule has 1 aromatic heterocycles. The third kappa shape index (κ3) is 5.15. The van der Waals surface area contributed by atoms with Crippen molar-refractivity contribution < 1.29 is 63.4 Å². The Balaban J connectivity index is 0.00000324. The molecule has 4 rings (SSSR count). The van der Waals surface area contributed by atoms with Crippen LogP contribution in [-0.4, -0.2) is 69.7 Å². The summed E-state index contributed by atoms with van der Waals surface area (Å²) in [5.41, 5.74) is 5.72. The number of anilines is 1. The first kappa shape index (κ1) is 26.2. The van der Waals surface area contributed by atoms with E-state index in [4.69, 9.17) is 15.3 Å². The van der Waals surface area contributed by atoms with Gasteiger partial charge < -0.3 is 30.5 Å². The van der Waals surface area contributed by atoms with E-state index in [2.05, 4.69) is 15.5 Å². The largest absolute Gasteiger partial charge is 1.00 e. The number of hydrogen-bond acceptors (Lipinski definition) is 12. The van der Waals surface area contributed by atoms with Gasteiger partial charge in [-0.05, 0) is 18.1 Å². The summed E-state index contributed by atoms with van der Waals surface area (Å²) in [6.07, 6.45) is 3.50. The molecule has 12 nitrogen and oxygen atoms in total. The first-order valence-electron chi connectivity index (χ1n) is 9.70. The number of carbonyl (C=O) groups is 4. The Morgan fingerprint density at radius 1 is 1.44 bits per heavy atom. The van der Waals surface area contributed by atoms with E-state index in [0.717, 1.165) is 16.2 Å². The molecular formula is C19H18N5NaO7S2. The van der Waals surface area contributed by atoms with Gasteiger partial charge in [0.2, 0.25) is 0 Å². The summed E-state index contributed by atoms with van der Waals surface area (Å²) in [5, 5.41) is 19.2. The minimum Gasteiger partial charge on any atom is -0.543 e. The molecule has 0 bridgehead atoms. The molecule has 0 saturated carbocycles. The molecule has 15 heteroatoms. The number of carboxylic acids is 1. The molecule has 1 aromatic rings. The second kappa shape index (κ2) is 10.9. The van der Waals surface area contributed by atoms with Gasteiger partial charge in [-0.3, -0.25) is 19.3 Å². The van der Waals surface area contributed by atoms with E-state index in [1.165, 1.54) is 30.3 Å². The fourth-order valence-electron chi connectivity index (χ4n) is 3.57. The number of hydrogen-bond donors (Lipinski definition) is 2. The number of nitrogens with two attached hydrogens (primary N) is 1. The maximum Gasteiger partial charge on any atom is 1.00 e. The van der Waals surface area contributed by atoms with Gasteiger partial charge in [0, 0.05) is 17.6 Å². The Bertz CT molecular complexity index is 1120. The quantitative estimate of drug-likeness (QED) is 0.119. The number of carbonyl (C=O) groups excluding carboxylic acids is 4. The number of ether oxygens (including phenoxy) is 1. The van der Waals surface area contributed by atoms with Gasteiger partial charge in [-0.1, -0.05) is 11.2 Å². The van der Waals surface area contributed by atoms with Crippen LogP contribution in [0.25, 0.3) is 0 Å². The van der Waals surface area contributed by atoms with Crippen LogP contribution >= 0.6 is 23.1 Å². The van der Waals surface area contributed by atoms with Crippen LogP contribution in [0.4, 0.5) is 5.13 Å². The number of oxime groups is 1. The molecule has 3 atom stereocenters. The van der Waals surface area contributed by atoms with Gasteiger partial charge in [0.1, 0.15) is 30.3 Å². The number of aromatic nitrogens is 1. The van der Waals surface area contributed by atoms with Crippen molar-refractivity contribution in [3.8, 4) is 0 Å². The number of nitrogens with one attached hydrogen (secondary N) is 1. The molecular weight excluding hydrogens is 497 g/mol. The minimum atomic E-state index is -1.51. The van der Waals surface area contributed by atoms with Crippen LogP contribution in [0.5, 0.6) is 0 Å². The normalized spacial score (nSPS) is 24.3. The molecule has 1 unspecified atom stereocenters. The van der Waals surface area contributed by atoms with Gasteiger partial charge in [0.05, 0.1) is 11.7 Å². The predicted molar refractivity (Wildman–Crippen MR) is 115 cm³/mol. The zero-order valence-corrected chi connectivity index (χ0v) is 21.8. The number of esters is 1. The fourth-order valence-corrected chi connectivity index (χ4v) is 5.43. The number of aliphatic carboxylic acids is 1. The van der Waals surface area contributed by atoms with Crippen molar-refractivity contribution in [1.29, 1.82) is 0 Å². The van der Waals surface area contributed by atoms with Crippen LogP contribution in [0.2, 0.25) is 0 Å². The molecule has 174 valence electrons. The second-order valence-corrected chi connectivity index (χ2v) is 9.14. The van der Waals surface area contributed by atoms with Gasteiger partial charge >= 0.3 is 35.5 Å². The molecule has 3 aliphatic heterocycles. The first-order chi connectivity index (χ1) is 15.8. The number of rotatable bonds is 7. The number of allylic oxidation sites excluding steroid dienone is 1. The molecule has 3 N–H and O–H groups in total. The molecule has 3 aliphatic rings. The standard InChI is InChI=1S/C19H19N5O7S2.Na/c1-30-23-12(10-7-33-19(20)21-10)15(26)22-13-16(27)24-14(18(28)29)8(6-32-17(13)24)2-3-9-4-5-11(25)31-9;/h2-3,7,9,13,17H,4-6H2,1H3,(H2,20,21)(H,22,26)(H,28,29);/q;+1/p-1/b3-2+,23-12-;/t9?,13-,17+;/m1./s1. The number of β-lactam (4-membered cyclic amide) rings is 1. The average molecular weight is 516 g/mol. The average Bonchev–Trinajstić information content (AvgIpc) is 3.40. The molecule has 0 aliphatic carbocycles. The van der Waals surface area contributed by atoms with Crippen LogP contribution in [0.15, 0.2) is 34.0 Å². The maximum atomic E-state index is 12.8. The Labute approximate surface area is 223 Å². The van der Waals surface area contributed by atoms with E-state index in [-0.39, 0.29) is 63.5 Å². The summed E-state index contributed by atoms with van der Waals surface area (Å²) < 4.78 is 5.09. The van der Waals surface area contributed by atoms with Crippen LogP contribution in [0, 0.1) is 0 Å². The molecule has 2 fully saturated rings. The molecule has 2 saturated heterocycles. The van der Waals surface area contributed by atoms with Crippen molar-refractivity contribution in [2.45, 2.75) is 30.4 Å². The van der Waals surface area contributed by atoms with E-state index < -0.39 is 35.3 Å². The Morgan fingerprint density at radius 2 is 2.21 bits per heavy atom. The topological polar surface area (TPSA) is 176 Å². The summed E-state index contributed by atoms with van der Waals surface area (Å²) >= 11 is 2.39. The van der Waals surface area contributed by atoms with Crippen molar-refractivity contribution in [3.63, 3.8) is 0 Å². The van der Waals surface area contributed by atoms with Gasteiger partial charge in [-0.25, -0.2) is 4.98 Å². The monoisotopic (exact) mass is 515 g/mol. The number of nitrogens with zero attached hydrogens (tertiary/aromatic N) is 3. The van der Waals surface area contributed by atoms with Gasteiger partial charge in [-0.2, -0.15) is 0 Å². The number of fused-ring (bicyclic) bond motifs is 1. The first-order valence-corrected chi connectivity index (χ1v) is 11.6. The number of thioether (sulfide) groups is 1. The summed E-state index contributed by atoms with van der Waals surface area (Å²) in [4.78, 5) is 58.4. The Kier molecular flexibility index (Phi) is 8.41. The number of amides is 2. The SMILES string of the molecule is CO/N=C(\C(=O)N[C@@H]1C(=O)N2C(C(=O)[O-])=C(/C=C/C3CCC(=O)O3)CS[C@@H]12)c1csc(N)n1.[Na+]. The van der Waals surface area contributed by atoms with Crippen molar-refractivity contribution in [2.24, 2.45) is 5.16 Å². The summed E-state index contributed by atoms with van der Waals surface area (Å²) in [7, 11) is 1.26. The molecule has 2 amide bonds. The van der Waals surface area contributed by atoms with Crippen LogP contribution in [0.3, 0.4) is 0 Å². The fraction of sp³-hybridized carbons (Fsp3) is 0.368. The number of thiazole rings is 1. The smallest absolute Gasteiger partial charge is 0.543 e. The maximum absolute atomic E-state index is 12.8. The third-order valence-electron chi connectivity index (χ3n) is 5.07. The summed E-state index contributed by atoms with van der Waals surface area (Å²) in [6, 6.07) is -0.976. The molecule has 0 aromatic carbocycles. The van der Waals surface area contributed by atoms with E-state index >= 15 is 0 Å². The van der Waals surface area contributed by atoms with Crippen molar-refractivity contribution in [2.75, 3.05) is 18.6 Å². The third-order valence-corrected chi connectivity index (χ3v) is 7.04. The van der Waals surface area contributed by atoms with Crippen molar-refractivity contribution in [1.82, 2.24) is 15.2 Å². The van der Waals surface area contributed by atoms with Gasteiger partial charge in [-0.15, -0.1) is 23.1 Å². The van der Waals surface area contributed by atoms with Gasteiger partial charge in [0.25, 0.3) is 11.8 Å². The predicted octanol–water partition coefficient (Wildman–Crippen LogP) is -4.25. The van der Waals surface area contributed by atoms with Crippen LogP contribution < -0.4 is 45.7 Å². The number of cyclic esters (lactones) is 1. The second-order valence-electron chi connectivity index (χ2n) is 7.14. The zero-order valence-electron chi connectivity index (χ0n) is 18.2. The minimum absolute atomic E-state index is 0. The molecule has 4 heterocycles. The summed E-state index contributed by atoms with van der Waals surface area (Å²) in [5.74, 6) is -2.89. The van der Waals surface area contributed by atoms with E-state index in [9.17, 15) is 24.3 Å². The van der Waals surface area contributed by atoms with Crippen LogP contribution in [0.1, 0.15) is 18.5 Å². The van der Waals surface area contributed by atoms with Crippen molar-refractivity contribution >= 4 is 57.7 Å². The Hall–Kier alpha value is -2.39. The molecule has 0 radical (unpaired) electrons. The van der Waals surface area contributed by atoms with Crippen molar-refractivity contribution in [3.05, 3.63) is 34.5 Å². The molecule has 34 heavy (non-hydrogen) atoms. The zero-order chi connectivity index (χ0) is 23.7. The van der Waals surface area contributed by atoms with E-state index in [0.29, 0.717) is 18.4 Å². The van der Waals surface area contributed by atoms with Gasteiger partial charge in [0.15, 0.2) is 10.8 Å².